The van der Waals surface area contributed by atoms with Gasteiger partial charge in [0.1, 0.15) is 17.7 Å². The molecule has 1 aliphatic rings. The number of nitrogens with one attached hydrogen (secondary N) is 2. The van der Waals surface area contributed by atoms with Gasteiger partial charge in [0.15, 0.2) is 6.19 Å². The Morgan fingerprint density at radius 2 is 1.77 bits per heavy atom. The number of fused-ring (bicyclic) bond motifs is 1. The molecular formula is C31H26F4N6O2. The second kappa shape index (κ2) is 11.6. The average Bonchev–Trinajstić information content (AvgIpc) is 3.38. The van der Waals surface area contributed by atoms with Gasteiger partial charge in [0, 0.05) is 23.6 Å². The van der Waals surface area contributed by atoms with Crippen LogP contribution in [0.2, 0.25) is 0 Å². The molecule has 2 N–H and O–H groups in total. The number of para-hydroxylation sites is 1. The lowest BCUT2D eigenvalue weighted by Gasteiger charge is -2.38. The van der Waals surface area contributed by atoms with Crippen LogP contribution in [0.4, 0.5) is 23.4 Å². The number of carbonyl (C=O) groups excluding carboxylic acids is 2. The first-order valence-corrected chi connectivity index (χ1v) is 13.4. The zero-order valence-corrected chi connectivity index (χ0v) is 23.1. The van der Waals surface area contributed by atoms with Crippen LogP contribution < -0.4 is 15.5 Å². The number of amides is 2. The Bertz CT molecular complexity index is 1700. The molecule has 3 aromatic carbocycles. The molecule has 0 saturated heterocycles. The number of anilines is 1. The van der Waals surface area contributed by atoms with Gasteiger partial charge in [-0.25, -0.2) is 9.07 Å². The lowest BCUT2D eigenvalue weighted by Crippen LogP contribution is -2.55. The third kappa shape index (κ3) is 5.53. The van der Waals surface area contributed by atoms with Gasteiger partial charge in [-0.2, -0.15) is 23.5 Å². The van der Waals surface area contributed by atoms with Crippen molar-refractivity contribution in [1.29, 1.82) is 5.26 Å². The Morgan fingerprint density at radius 3 is 2.40 bits per heavy atom. The predicted octanol–water partition coefficient (Wildman–Crippen LogP) is 5.46. The Morgan fingerprint density at radius 1 is 1.07 bits per heavy atom. The van der Waals surface area contributed by atoms with E-state index in [1.165, 1.54) is 35.2 Å². The molecule has 0 fully saturated rings. The number of carbonyl (C=O) groups is 2. The summed E-state index contributed by atoms with van der Waals surface area (Å²) in [4.78, 5) is 29.1. The maximum atomic E-state index is 14.2. The lowest BCUT2D eigenvalue weighted by molar-refractivity contribution is -0.137. The lowest BCUT2D eigenvalue weighted by atomic mass is 9.80. The molecule has 220 valence electrons. The van der Waals surface area contributed by atoms with Gasteiger partial charge < -0.3 is 10.6 Å². The van der Waals surface area contributed by atoms with Gasteiger partial charge in [0.25, 0.3) is 11.8 Å². The Hall–Kier alpha value is -5.18. The number of benzene rings is 3. The van der Waals surface area contributed by atoms with Crippen molar-refractivity contribution >= 4 is 17.6 Å². The standard InChI is InChI=1S/C31H26F4N6O2/c1-3-40-29-25(26(18(2)37-17-36)39-41(29)23-10-5-4-6-11-23)24(19-12-14-22(32)15-13-19)27(30(40)43)38-28(42)20-8-7-9-21(16-20)31(33,34)35/h4-16,18,24,27,37H,3H2,1-2H3,(H,38,42)/t18-,24+,27+/m0/s1. The topological polar surface area (TPSA) is 103 Å². The third-order valence-electron chi connectivity index (χ3n) is 7.33. The minimum Gasteiger partial charge on any atom is -0.339 e. The first-order chi connectivity index (χ1) is 20.5. The van der Waals surface area contributed by atoms with Gasteiger partial charge >= 0.3 is 6.18 Å². The Kier molecular flexibility index (Phi) is 7.91. The van der Waals surface area contributed by atoms with Crippen molar-refractivity contribution in [3.8, 4) is 11.9 Å². The molecule has 4 aromatic rings. The van der Waals surface area contributed by atoms with Gasteiger partial charge in [0.05, 0.1) is 23.0 Å². The summed E-state index contributed by atoms with van der Waals surface area (Å²) >= 11 is 0. The van der Waals surface area contributed by atoms with Gasteiger partial charge in [-0.15, -0.1) is 0 Å². The fourth-order valence-corrected chi connectivity index (χ4v) is 5.35. The fourth-order valence-electron chi connectivity index (χ4n) is 5.35. The van der Waals surface area contributed by atoms with E-state index in [0.29, 0.717) is 28.3 Å². The molecule has 1 aromatic heterocycles. The van der Waals surface area contributed by atoms with Crippen molar-refractivity contribution in [2.45, 2.75) is 38.0 Å². The summed E-state index contributed by atoms with van der Waals surface area (Å²) in [5.41, 5.74) is 0.698. The molecule has 2 heterocycles. The molecule has 0 spiro atoms. The Balaban J connectivity index is 1.72. The molecule has 1 aliphatic heterocycles. The van der Waals surface area contributed by atoms with Crippen LogP contribution in [0.1, 0.15) is 58.5 Å². The van der Waals surface area contributed by atoms with E-state index in [2.05, 4.69) is 10.6 Å². The van der Waals surface area contributed by atoms with Crippen LogP contribution in [0.3, 0.4) is 0 Å². The summed E-state index contributed by atoms with van der Waals surface area (Å²) in [7, 11) is 0. The van der Waals surface area contributed by atoms with Crippen molar-refractivity contribution in [2.24, 2.45) is 0 Å². The molecule has 43 heavy (non-hydrogen) atoms. The highest BCUT2D eigenvalue weighted by Crippen LogP contribution is 2.45. The predicted molar refractivity (Wildman–Crippen MR) is 150 cm³/mol. The van der Waals surface area contributed by atoms with Crippen molar-refractivity contribution in [1.82, 2.24) is 20.4 Å². The van der Waals surface area contributed by atoms with E-state index in [1.54, 1.807) is 42.8 Å². The highest BCUT2D eigenvalue weighted by atomic mass is 19.4. The quantitative estimate of drug-likeness (QED) is 0.169. The van der Waals surface area contributed by atoms with E-state index in [0.717, 1.165) is 18.2 Å². The van der Waals surface area contributed by atoms with Crippen LogP contribution in [0, 0.1) is 17.3 Å². The molecule has 2 amide bonds. The largest absolute Gasteiger partial charge is 0.416 e. The van der Waals surface area contributed by atoms with E-state index < -0.39 is 47.4 Å². The summed E-state index contributed by atoms with van der Waals surface area (Å²) in [5, 5.41) is 19.6. The first-order valence-electron chi connectivity index (χ1n) is 13.4. The summed E-state index contributed by atoms with van der Waals surface area (Å²) in [6.07, 6.45) is -2.77. The van der Waals surface area contributed by atoms with Crippen LogP contribution in [0.15, 0.2) is 78.9 Å². The number of hydrogen-bond donors (Lipinski definition) is 2. The SMILES string of the molecule is CCN1C(=O)[C@H](NC(=O)c2cccc(C(F)(F)F)c2)[C@H](c2ccc(F)cc2)c2c([C@H](C)NC#N)nn(-c3ccccc3)c21. The fraction of sp³-hybridized carbons (Fsp3) is 0.226. The number of aromatic nitrogens is 2. The molecule has 0 aliphatic carbocycles. The van der Waals surface area contributed by atoms with Gasteiger partial charge in [-0.1, -0.05) is 36.4 Å². The van der Waals surface area contributed by atoms with E-state index >= 15 is 0 Å². The minimum atomic E-state index is -4.67. The summed E-state index contributed by atoms with van der Waals surface area (Å²) in [6, 6.07) is 16.4. The van der Waals surface area contributed by atoms with E-state index in [9.17, 15) is 32.4 Å². The number of rotatable bonds is 7. The summed E-state index contributed by atoms with van der Waals surface area (Å²) in [5.74, 6) is -2.48. The number of likely N-dealkylation sites (N-methyl/N-ethyl adjacent to an activating group) is 1. The highest BCUT2D eigenvalue weighted by molar-refractivity contribution is 6.05. The average molecular weight is 591 g/mol. The molecule has 8 nitrogen and oxygen atoms in total. The van der Waals surface area contributed by atoms with Crippen molar-refractivity contribution in [3.63, 3.8) is 0 Å². The zero-order chi connectivity index (χ0) is 30.9. The van der Waals surface area contributed by atoms with Gasteiger partial charge in [-0.3, -0.25) is 14.5 Å². The van der Waals surface area contributed by atoms with Crippen LogP contribution in [-0.2, 0) is 11.0 Å². The number of nitrogens with zero attached hydrogens (tertiary/aromatic N) is 4. The van der Waals surface area contributed by atoms with Crippen LogP contribution in [0.25, 0.3) is 5.69 Å². The van der Waals surface area contributed by atoms with E-state index in [4.69, 9.17) is 5.10 Å². The molecule has 0 radical (unpaired) electrons. The zero-order valence-electron chi connectivity index (χ0n) is 23.1. The monoisotopic (exact) mass is 590 g/mol. The number of halogens is 4. The summed E-state index contributed by atoms with van der Waals surface area (Å²) < 4.78 is 55.8. The highest BCUT2D eigenvalue weighted by Gasteiger charge is 2.47. The molecular weight excluding hydrogens is 564 g/mol. The number of alkyl halides is 3. The van der Waals surface area contributed by atoms with Crippen molar-refractivity contribution in [3.05, 3.63) is 113 Å². The normalized spacial score (nSPS) is 17.1. The molecule has 3 atom stereocenters. The van der Waals surface area contributed by atoms with Crippen LogP contribution >= 0.6 is 0 Å². The minimum absolute atomic E-state index is 0.163. The van der Waals surface area contributed by atoms with E-state index in [-0.39, 0.29) is 12.1 Å². The second-order valence-electron chi connectivity index (χ2n) is 9.99. The smallest absolute Gasteiger partial charge is 0.339 e. The van der Waals surface area contributed by atoms with Gasteiger partial charge in [0.2, 0.25) is 0 Å². The van der Waals surface area contributed by atoms with Crippen molar-refractivity contribution < 1.29 is 27.2 Å². The molecule has 0 unspecified atom stereocenters. The molecule has 5 rings (SSSR count). The first kappa shape index (κ1) is 29.3. The maximum absolute atomic E-state index is 14.2. The van der Waals surface area contributed by atoms with Crippen molar-refractivity contribution in [2.75, 3.05) is 11.4 Å². The van der Waals surface area contributed by atoms with Crippen LogP contribution in [0.5, 0.6) is 0 Å². The molecule has 0 saturated carbocycles. The summed E-state index contributed by atoms with van der Waals surface area (Å²) in [6.45, 7) is 3.62. The number of nitriles is 1. The maximum Gasteiger partial charge on any atom is 0.416 e. The molecule has 12 heteroatoms. The van der Waals surface area contributed by atoms with Crippen LogP contribution in [-0.4, -0.2) is 34.2 Å². The van der Waals surface area contributed by atoms with Gasteiger partial charge in [-0.05, 0) is 61.9 Å². The molecule has 0 bridgehead atoms. The second-order valence-corrected chi connectivity index (χ2v) is 9.99. The van der Waals surface area contributed by atoms with E-state index in [1.807, 2.05) is 12.3 Å². The number of hydrogen-bond acceptors (Lipinski definition) is 5. The third-order valence-corrected chi connectivity index (χ3v) is 7.33. The Labute approximate surface area is 244 Å².